The molecule has 4 rings (SSSR count). The lowest BCUT2D eigenvalue weighted by Crippen LogP contribution is -2.26. The van der Waals surface area contributed by atoms with Gasteiger partial charge in [-0.05, 0) is 61.4 Å². The molecule has 2 aromatic heterocycles. The van der Waals surface area contributed by atoms with Crippen LogP contribution >= 0.6 is 0 Å². The molecule has 0 spiro atoms. The van der Waals surface area contributed by atoms with Gasteiger partial charge in [-0.25, -0.2) is 9.37 Å². The molecule has 0 radical (unpaired) electrons. The Morgan fingerprint density at radius 3 is 2.76 bits per heavy atom. The number of aryl methyl sites for hydroxylation is 1. The van der Waals surface area contributed by atoms with Gasteiger partial charge in [0.1, 0.15) is 11.5 Å². The zero-order valence-electron chi connectivity index (χ0n) is 14.9. The molecule has 1 aliphatic rings. The van der Waals surface area contributed by atoms with E-state index in [0.29, 0.717) is 0 Å². The van der Waals surface area contributed by atoms with Gasteiger partial charge in [-0.1, -0.05) is 12.1 Å². The van der Waals surface area contributed by atoms with Crippen LogP contribution in [0.4, 0.5) is 4.39 Å². The smallest absolute Gasteiger partial charge is 0.144 e. The second-order valence-corrected chi connectivity index (χ2v) is 6.99. The maximum Gasteiger partial charge on any atom is 0.144 e. The van der Waals surface area contributed by atoms with Crippen molar-refractivity contribution < 1.29 is 4.39 Å². The van der Waals surface area contributed by atoms with Crippen LogP contribution in [0.3, 0.4) is 0 Å². The maximum atomic E-state index is 13.2. The number of likely N-dealkylation sites (N-methyl/N-ethyl adjacent to an activating group) is 1. The van der Waals surface area contributed by atoms with E-state index in [2.05, 4.69) is 42.6 Å². The second-order valence-electron chi connectivity index (χ2n) is 6.99. The van der Waals surface area contributed by atoms with Gasteiger partial charge in [0.15, 0.2) is 0 Å². The van der Waals surface area contributed by atoms with Crippen molar-refractivity contribution in [3.05, 3.63) is 64.7 Å². The van der Waals surface area contributed by atoms with E-state index in [-0.39, 0.29) is 5.82 Å². The number of aromatic nitrogens is 2. The molecule has 3 heterocycles. The van der Waals surface area contributed by atoms with Crippen molar-refractivity contribution in [3.63, 3.8) is 0 Å². The van der Waals surface area contributed by atoms with Crippen LogP contribution in [-0.2, 0) is 13.0 Å². The number of nitrogens with zero attached hydrogens (tertiary/aromatic N) is 3. The average Bonchev–Trinajstić information content (AvgIpc) is 2.88. The molecule has 1 aromatic carbocycles. The summed E-state index contributed by atoms with van der Waals surface area (Å²) < 4.78 is 15.4. The van der Waals surface area contributed by atoms with Crippen LogP contribution in [0.15, 0.2) is 36.5 Å². The van der Waals surface area contributed by atoms with E-state index in [4.69, 9.17) is 4.98 Å². The van der Waals surface area contributed by atoms with E-state index < -0.39 is 0 Å². The van der Waals surface area contributed by atoms with Crippen molar-refractivity contribution in [2.75, 3.05) is 13.6 Å². The van der Waals surface area contributed by atoms with Gasteiger partial charge in [0.2, 0.25) is 0 Å². The molecule has 0 amide bonds. The monoisotopic (exact) mass is 335 g/mol. The third kappa shape index (κ3) is 2.87. The van der Waals surface area contributed by atoms with Gasteiger partial charge >= 0.3 is 0 Å². The molecule has 0 bridgehead atoms. The maximum absolute atomic E-state index is 13.2. The molecule has 0 unspecified atom stereocenters. The van der Waals surface area contributed by atoms with Gasteiger partial charge in [-0.15, -0.1) is 0 Å². The number of allylic oxidation sites excluding steroid dienone is 1. The number of benzene rings is 1. The van der Waals surface area contributed by atoms with E-state index in [9.17, 15) is 4.39 Å². The van der Waals surface area contributed by atoms with Crippen molar-refractivity contribution in [3.8, 4) is 0 Å². The molecule has 3 aromatic rings. The topological polar surface area (TPSA) is 21.1 Å². The molecular formula is C21H22FN3. The van der Waals surface area contributed by atoms with Crippen molar-refractivity contribution in [2.24, 2.45) is 0 Å². The van der Waals surface area contributed by atoms with Crippen LogP contribution in [0, 0.1) is 12.7 Å². The van der Waals surface area contributed by atoms with Crippen molar-refractivity contribution in [1.82, 2.24) is 14.5 Å². The predicted molar refractivity (Wildman–Crippen MR) is 101 cm³/mol. The highest BCUT2D eigenvalue weighted by molar-refractivity contribution is 5.87. The standard InChI is InChI=1S/C21H22FN3/c1-14-10-18-19-13-24(3)9-8-20(19)25(21(18)23-11-14)12-15(2)16-4-6-17(22)7-5-16/h4-7,10-12H,8-9,13H2,1-3H3/b15-12+. The third-order valence-corrected chi connectivity index (χ3v) is 4.98. The third-order valence-electron chi connectivity index (χ3n) is 4.98. The number of halogens is 1. The number of rotatable bonds is 2. The Hall–Kier alpha value is -2.46. The molecular weight excluding hydrogens is 313 g/mol. The summed E-state index contributed by atoms with van der Waals surface area (Å²) in [5.74, 6) is -0.208. The molecule has 0 aliphatic carbocycles. The van der Waals surface area contributed by atoms with E-state index in [0.717, 1.165) is 36.3 Å². The highest BCUT2D eigenvalue weighted by Gasteiger charge is 2.22. The summed E-state index contributed by atoms with van der Waals surface area (Å²) in [4.78, 5) is 7.06. The Morgan fingerprint density at radius 2 is 2.00 bits per heavy atom. The number of fused-ring (bicyclic) bond motifs is 3. The Kier molecular flexibility index (Phi) is 3.92. The molecule has 25 heavy (non-hydrogen) atoms. The summed E-state index contributed by atoms with van der Waals surface area (Å²) in [5.41, 5.74) is 7.03. The molecule has 128 valence electrons. The van der Waals surface area contributed by atoms with Gasteiger partial charge in [0.05, 0.1) is 0 Å². The van der Waals surface area contributed by atoms with Crippen LogP contribution in [-0.4, -0.2) is 28.0 Å². The summed E-state index contributed by atoms with van der Waals surface area (Å²) >= 11 is 0. The fourth-order valence-electron chi connectivity index (χ4n) is 3.62. The zero-order valence-corrected chi connectivity index (χ0v) is 14.9. The highest BCUT2D eigenvalue weighted by atomic mass is 19.1. The first-order valence-electron chi connectivity index (χ1n) is 8.64. The Bertz CT molecular complexity index is 967. The van der Waals surface area contributed by atoms with Gasteiger partial charge in [-0.3, -0.25) is 0 Å². The lowest BCUT2D eigenvalue weighted by Gasteiger charge is -2.23. The van der Waals surface area contributed by atoms with Crippen LogP contribution in [0.1, 0.15) is 29.3 Å². The minimum Gasteiger partial charge on any atom is -0.304 e. The fourth-order valence-corrected chi connectivity index (χ4v) is 3.62. The van der Waals surface area contributed by atoms with Crippen molar-refractivity contribution in [1.29, 1.82) is 0 Å². The van der Waals surface area contributed by atoms with E-state index in [1.165, 1.54) is 34.3 Å². The fraction of sp³-hybridized carbons (Fsp3) is 0.286. The molecule has 4 heteroatoms. The molecule has 0 saturated carbocycles. The normalized spacial score (nSPS) is 15.6. The lowest BCUT2D eigenvalue weighted by atomic mass is 10.0. The van der Waals surface area contributed by atoms with Gasteiger partial charge in [-0.2, -0.15) is 0 Å². The van der Waals surface area contributed by atoms with Crippen LogP contribution in [0.5, 0.6) is 0 Å². The molecule has 3 nitrogen and oxygen atoms in total. The zero-order chi connectivity index (χ0) is 17.6. The highest BCUT2D eigenvalue weighted by Crippen LogP contribution is 2.31. The first-order valence-corrected chi connectivity index (χ1v) is 8.64. The van der Waals surface area contributed by atoms with Crippen LogP contribution in [0.2, 0.25) is 0 Å². The molecule has 0 atom stereocenters. The van der Waals surface area contributed by atoms with E-state index >= 15 is 0 Å². The quantitative estimate of drug-likeness (QED) is 0.688. The molecule has 0 fully saturated rings. The minimum absolute atomic E-state index is 0.208. The van der Waals surface area contributed by atoms with E-state index in [1.807, 2.05) is 18.3 Å². The Morgan fingerprint density at radius 1 is 1.24 bits per heavy atom. The number of hydrogen-bond donors (Lipinski definition) is 0. The van der Waals surface area contributed by atoms with Crippen LogP contribution in [0.25, 0.3) is 22.8 Å². The summed E-state index contributed by atoms with van der Waals surface area (Å²) in [6, 6.07) is 8.90. The number of hydrogen-bond acceptors (Lipinski definition) is 2. The Balaban J connectivity index is 1.89. The summed E-state index contributed by atoms with van der Waals surface area (Å²) in [7, 11) is 2.16. The van der Waals surface area contributed by atoms with Crippen molar-refractivity contribution in [2.45, 2.75) is 26.8 Å². The first kappa shape index (κ1) is 16.0. The molecule has 0 saturated heterocycles. The van der Waals surface area contributed by atoms with Crippen molar-refractivity contribution >= 4 is 22.8 Å². The van der Waals surface area contributed by atoms with Crippen LogP contribution < -0.4 is 0 Å². The number of pyridine rings is 1. The average molecular weight is 335 g/mol. The van der Waals surface area contributed by atoms with Gasteiger partial charge in [0, 0.05) is 43.0 Å². The summed E-state index contributed by atoms with van der Waals surface area (Å²) in [6.45, 7) is 6.15. The van der Waals surface area contributed by atoms with E-state index in [1.54, 1.807) is 0 Å². The predicted octanol–water partition coefficient (Wildman–Crippen LogP) is 4.49. The SMILES string of the molecule is C/C(=C\n1c2c(c3cc(C)cnc31)CN(C)CC2)c1ccc(F)cc1. The largest absolute Gasteiger partial charge is 0.304 e. The van der Waals surface area contributed by atoms with Gasteiger partial charge in [0.25, 0.3) is 0 Å². The second kappa shape index (κ2) is 6.12. The lowest BCUT2D eigenvalue weighted by molar-refractivity contribution is 0.312. The summed E-state index contributed by atoms with van der Waals surface area (Å²) in [6.07, 6.45) is 5.07. The first-order chi connectivity index (χ1) is 12.0. The van der Waals surface area contributed by atoms with Gasteiger partial charge < -0.3 is 9.47 Å². The Labute approximate surface area is 147 Å². The molecule has 0 N–H and O–H groups in total. The molecule has 1 aliphatic heterocycles. The minimum atomic E-state index is -0.208. The summed E-state index contributed by atoms with van der Waals surface area (Å²) in [5, 5.41) is 1.24.